The maximum atomic E-state index is 12.6. The van der Waals surface area contributed by atoms with Crippen molar-refractivity contribution in [3.05, 3.63) is 23.4 Å². The first-order valence-corrected chi connectivity index (χ1v) is 7.29. The third kappa shape index (κ3) is 3.28. The highest BCUT2D eigenvalue weighted by molar-refractivity contribution is 5.95. The zero-order valence-electron chi connectivity index (χ0n) is 12.5. The number of hydrogen-bond acceptors (Lipinski definition) is 4. The van der Waals surface area contributed by atoms with Gasteiger partial charge in [-0.25, -0.2) is 10.8 Å². The van der Waals surface area contributed by atoms with Gasteiger partial charge in [0.15, 0.2) is 0 Å². The Bertz CT molecular complexity index is 479. The molecule has 20 heavy (non-hydrogen) atoms. The second-order valence-corrected chi connectivity index (χ2v) is 5.94. The quantitative estimate of drug-likeness (QED) is 0.656. The molecule has 1 aliphatic rings. The van der Waals surface area contributed by atoms with Crippen LogP contribution in [-0.2, 0) is 0 Å². The van der Waals surface area contributed by atoms with Crippen LogP contribution in [0, 0.1) is 5.92 Å². The van der Waals surface area contributed by atoms with Gasteiger partial charge < -0.3 is 10.3 Å². The molecule has 2 rings (SSSR count). The highest BCUT2D eigenvalue weighted by Crippen LogP contribution is 2.21. The summed E-state index contributed by atoms with van der Waals surface area (Å²) in [4.78, 5) is 18.9. The molecule has 5 heteroatoms. The number of amides is 1. The number of carbonyl (C=O) groups excluding carboxylic acids is 1. The van der Waals surface area contributed by atoms with E-state index in [2.05, 4.69) is 31.2 Å². The average Bonchev–Trinajstić information content (AvgIpc) is 2.46. The molecule has 0 bridgehead atoms. The maximum absolute atomic E-state index is 12.6. The first-order chi connectivity index (χ1) is 9.51. The van der Waals surface area contributed by atoms with E-state index in [-0.39, 0.29) is 11.8 Å². The van der Waals surface area contributed by atoms with Crippen LogP contribution in [0.2, 0.25) is 0 Å². The van der Waals surface area contributed by atoms with Gasteiger partial charge in [-0.2, -0.15) is 0 Å². The number of aromatic nitrogens is 1. The van der Waals surface area contributed by atoms with E-state index in [1.165, 1.54) is 0 Å². The topological polar surface area (TPSA) is 71.2 Å². The van der Waals surface area contributed by atoms with E-state index >= 15 is 0 Å². The summed E-state index contributed by atoms with van der Waals surface area (Å²) in [7, 11) is 0. The molecule has 1 fully saturated rings. The van der Waals surface area contributed by atoms with E-state index in [0.29, 0.717) is 17.3 Å². The van der Waals surface area contributed by atoms with Crippen LogP contribution in [0.15, 0.2) is 12.1 Å². The minimum atomic E-state index is 0.0812. The Morgan fingerprint density at radius 2 is 2.05 bits per heavy atom. The number of nitrogens with zero attached hydrogens (tertiary/aromatic N) is 2. The van der Waals surface area contributed by atoms with Crippen molar-refractivity contribution in [1.82, 2.24) is 9.88 Å². The molecule has 1 aromatic heterocycles. The molecule has 5 nitrogen and oxygen atoms in total. The van der Waals surface area contributed by atoms with E-state index < -0.39 is 0 Å². The Morgan fingerprint density at radius 3 is 2.60 bits per heavy atom. The summed E-state index contributed by atoms with van der Waals surface area (Å²) in [6.07, 6.45) is 2.16. The lowest BCUT2D eigenvalue weighted by atomic mass is 9.98. The Kier molecular flexibility index (Phi) is 4.60. The molecule has 0 radical (unpaired) electrons. The van der Waals surface area contributed by atoms with Gasteiger partial charge in [-0.1, -0.05) is 20.8 Å². The van der Waals surface area contributed by atoms with Gasteiger partial charge in [-0.15, -0.1) is 0 Å². The van der Waals surface area contributed by atoms with Crippen LogP contribution >= 0.6 is 0 Å². The van der Waals surface area contributed by atoms with Crippen LogP contribution in [0.25, 0.3) is 0 Å². The van der Waals surface area contributed by atoms with Crippen LogP contribution in [0.3, 0.4) is 0 Å². The second kappa shape index (κ2) is 6.22. The summed E-state index contributed by atoms with van der Waals surface area (Å²) < 4.78 is 0. The molecule has 1 saturated heterocycles. The van der Waals surface area contributed by atoms with Crippen molar-refractivity contribution in [3.8, 4) is 0 Å². The van der Waals surface area contributed by atoms with Crippen LogP contribution in [0.1, 0.15) is 55.6 Å². The fraction of sp³-hybridized carbons (Fsp3) is 0.600. The van der Waals surface area contributed by atoms with Crippen molar-refractivity contribution in [2.45, 2.75) is 39.5 Å². The summed E-state index contributed by atoms with van der Waals surface area (Å²) in [5, 5.41) is 0. The number of pyridine rings is 1. The van der Waals surface area contributed by atoms with Crippen LogP contribution in [-0.4, -0.2) is 28.9 Å². The van der Waals surface area contributed by atoms with Gasteiger partial charge in [0.25, 0.3) is 5.91 Å². The smallest absolute Gasteiger partial charge is 0.254 e. The molecule has 1 aromatic rings. The molecule has 0 aromatic carbocycles. The average molecular weight is 276 g/mol. The molecule has 110 valence electrons. The zero-order valence-corrected chi connectivity index (χ0v) is 12.5. The predicted octanol–water partition coefficient (Wildman–Crippen LogP) is 2.36. The van der Waals surface area contributed by atoms with E-state index in [0.717, 1.165) is 31.6 Å². The van der Waals surface area contributed by atoms with Crippen molar-refractivity contribution in [2.75, 3.05) is 18.5 Å². The lowest BCUT2D eigenvalue weighted by Gasteiger charge is -2.30. The molecule has 0 unspecified atom stereocenters. The van der Waals surface area contributed by atoms with E-state index in [1.54, 1.807) is 6.07 Å². The summed E-state index contributed by atoms with van der Waals surface area (Å²) in [5.41, 5.74) is 4.10. The number of nitrogens with two attached hydrogens (primary N) is 1. The SMILES string of the molecule is CC1CCN(C(=O)c2cc(NN)nc(C(C)C)c2)CC1. The lowest BCUT2D eigenvalue weighted by Crippen LogP contribution is -2.38. The van der Waals surface area contributed by atoms with Crippen LogP contribution in [0.4, 0.5) is 5.82 Å². The molecular weight excluding hydrogens is 252 g/mol. The second-order valence-electron chi connectivity index (χ2n) is 5.94. The summed E-state index contributed by atoms with van der Waals surface area (Å²) >= 11 is 0. The van der Waals surface area contributed by atoms with Crippen molar-refractivity contribution in [2.24, 2.45) is 11.8 Å². The maximum Gasteiger partial charge on any atom is 0.254 e. The van der Waals surface area contributed by atoms with Crippen molar-refractivity contribution >= 4 is 11.7 Å². The minimum absolute atomic E-state index is 0.0812. The van der Waals surface area contributed by atoms with E-state index in [1.807, 2.05) is 11.0 Å². The summed E-state index contributed by atoms with van der Waals surface area (Å²) in [5.74, 6) is 7.05. The first-order valence-electron chi connectivity index (χ1n) is 7.29. The summed E-state index contributed by atoms with van der Waals surface area (Å²) in [6.45, 7) is 8.02. The molecule has 0 atom stereocenters. The third-order valence-electron chi connectivity index (χ3n) is 3.90. The molecule has 2 heterocycles. The number of anilines is 1. The number of likely N-dealkylation sites (tertiary alicyclic amines) is 1. The molecule has 3 N–H and O–H groups in total. The number of carbonyl (C=O) groups is 1. The fourth-order valence-corrected chi connectivity index (χ4v) is 2.44. The van der Waals surface area contributed by atoms with Crippen molar-refractivity contribution in [3.63, 3.8) is 0 Å². The van der Waals surface area contributed by atoms with Crippen LogP contribution in [0.5, 0.6) is 0 Å². The molecular formula is C15H24N4O. The zero-order chi connectivity index (χ0) is 14.7. The molecule has 1 aliphatic heterocycles. The molecule has 0 aliphatic carbocycles. The van der Waals surface area contributed by atoms with Gasteiger partial charge in [0.05, 0.1) is 0 Å². The normalized spacial score (nSPS) is 16.6. The number of rotatable bonds is 3. The van der Waals surface area contributed by atoms with Gasteiger partial charge in [-0.3, -0.25) is 4.79 Å². The molecule has 1 amide bonds. The Balaban J connectivity index is 2.22. The van der Waals surface area contributed by atoms with Gasteiger partial charge in [0.2, 0.25) is 0 Å². The molecule has 0 saturated carbocycles. The number of nitrogens with one attached hydrogen (secondary N) is 1. The minimum Gasteiger partial charge on any atom is -0.339 e. The third-order valence-corrected chi connectivity index (χ3v) is 3.90. The Hall–Kier alpha value is -1.62. The standard InChI is InChI=1S/C15H24N4O/c1-10(2)13-8-12(9-14(17-13)18-16)15(20)19-6-4-11(3)5-7-19/h8-11H,4-7,16H2,1-3H3,(H,17,18). The van der Waals surface area contributed by atoms with Crippen molar-refractivity contribution in [1.29, 1.82) is 0 Å². The monoisotopic (exact) mass is 276 g/mol. The van der Waals surface area contributed by atoms with Crippen molar-refractivity contribution < 1.29 is 4.79 Å². The number of hydrazine groups is 1. The highest BCUT2D eigenvalue weighted by atomic mass is 16.2. The Labute approximate surface area is 120 Å². The Morgan fingerprint density at radius 1 is 1.40 bits per heavy atom. The number of nitrogen functional groups attached to an aromatic ring is 1. The van der Waals surface area contributed by atoms with Crippen LogP contribution < -0.4 is 11.3 Å². The lowest BCUT2D eigenvalue weighted by molar-refractivity contribution is 0.0697. The van der Waals surface area contributed by atoms with E-state index in [4.69, 9.17) is 5.84 Å². The first kappa shape index (κ1) is 14.8. The van der Waals surface area contributed by atoms with Gasteiger partial charge in [0, 0.05) is 24.3 Å². The van der Waals surface area contributed by atoms with Gasteiger partial charge >= 0.3 is 0 Å². The highest BCUT2D eigenvalue weighted by Gasteiger charge is 2.22. The predicted molar refractivity (Wildman–Crippen MR) is 80.4 cm³/mol. The largest absolute Gasteiger partial charge is 0.339 e. The van der Waals surface area contributed by atoms with E-state index in [9.17, 15) is 4.79 Å². The van der Waals surface area contributed by atoms with Gasteiger partial charge in [0.1, 0.15) is 5.82 Å². The van der Waals surface area contributed by atoms with Gasteiger partial charge in [-0.05, 0) is 36.8 Å². The fourth-order valence-electron chi connectivity index (χ4n) is 2.44. The number of hydrogen-bond donors (Lipinski definition) is 2. The summed E-state index contributed by atoms with van der Waals surface area (Å²) in [6, 6.07) is 3.61. The number of piperidine rings is 1. The molecule has 0 spiro atoms.